The number of nitrogens with zero attached hydrogens (tertiary/aromatic N) is 3. The molecule has 0 bridgehead atoms. The molecule has 1 heterocycles. The molecule has 2 rings (SSSR count). The largest absolute Gasteiger partial charge is 0.487 e. The van der Waals surface area contributed by atoms with Gasteiger partial charge in [0.15, 0.2) is 0 Å². The molecule has 0 aliphatic heterocycles. The van der Waals surface area contributed by atoms with Crippen molar-refractivity contribution < 1.29 is 27.4 Å². The first-order chi connectivity index (χ1) is 16.0. The average Bonchev–Trinajstić information content (AvgIpc) is 2.78. The third-order valence-corrected chi connectivity index (χ3v) is 4.78. The molecule has 2 aromatic rings. The summed E-state index contributed by atoms with van der Waals surface area (Å²) in [4.78, 5) is 35.7. The van der Waals surface area contributed by atoms with Crippen LogP contribution in [0, 0.1) is 0 Å². The van der Waals surface area contributed by atoms with E-state index in [4.69, 9.17) is 9.47 Å². The number of esters is 1. The molecule has 1 atom stereocenters. The predicted octanol–water partition coefficient (Wildman–Crippen LogP) is 2.66. The van der Waals surface area contributed by atoms with Crippen molar-refractivity contribution in [3.8, 4) is 5.75 Å². The number of carbonyl (C=O) groups is 1. The highest BCUT2D eigenvalue weighted by atomic mass is 19.4. The lowest BCUT2D eigenvalue weighted by atomic mass is 10.1. The molecule has 0 aliphatic rings. The quantitative estimate of drug-likeness (QED) is 0.460. The summed E-state index contributed by atoms with van der Waals surface area (Å²) < 4.78 is 49.6. The number of halogens is 3. The molecule has 0 aliphatic carbocycles. The number of aryl methyl sites for hydroxylation is 1. The zero-order chi connectivity index (χ0) is 25.3. The molecule has 1 N–H and O–H groups in total. The summed E-state index contributed by atoms with van der Waals surface area (Å²) in [7, 11) is 1.25. The second-order valence-electron chi connectivity index (χ2n) is 7.73. The third kappa shape index (κ3) is 8.56. The molecular formula is C22H29F3N4O5. The van der Waals surface area contributed by atoms with Crippen molar-refractivity contribution in [2.24, 2.45) is 7.05 Å². The van der Waals surface area contributed by atoms with E-state index in [1.54, 1.807) is 26.0 Å². The van der Waals surface area contributed by atoms with Gasteiger partial charge in [-0.3, -0.25) is 14.2 Å². The smallest absolute Gasteiger partial charge is 0.389 e. The lowest BCUT2D eigenvalue weighted by Crippen LogP contribution is -2.41. The Balaban J connectivity index is 1.97. The van der Waals surface area contributed by atoms with Crippen LogP contribution in [0.5, 0.6) is 5.75 Å². The fraction of sp³-hybridized carbons (Fsp3) is 0.545. The van der Waals surface area contributed by atoms with Crippen LogP contribution in [0.1, 0.15) is 38.7 Å². The van der Waals surface area contributed by atoms with Crippen LogP contribution in [0.25, 0.3) is 0 Å². The first-order valence-corrected chi connectivity index (χ1v) is 10.9. The van der Waals surface area contributed by atoms with E-state index >= 15 is 0 Å². The van der Waals surface area contributed by atoms with Crippen molar-refractivity contribution >= 4 is 11.8 Å². The standard InChI is InChI=1S/C22H29F3N4O5/c1-4-18(30)33-14-15(2)34-17-8-5-7-16(13-17)9-11-26-19-20(31)28(3)21(32)29(27-19)12-6-10-22(23,24)25/h5,7-8,13,15H,4,6,9-12,14H2,1-3H3,(H,26,27). The van der Waals surface area contributed by atoms with E-state index in [-0.39, 0.29) is 50.4 Å². The van der Waals surface area contributed by atoms with Crippen LogP contribution in [-0.4, -0.2) is 45.7 Å². The molecule has 0 saturated carbocycles. The molecule has 0 radical (unpaired) electrons. The normalized spacial score (nSPS) is 12.3. The number of benzene rings is 1. The van der Waals surface area contributed by atoms with Gasteiger partial charge in [-0.15, -0.1) is 5.10 Å². The Morgan fingerprint density at radius 2 is 2.00 bits per heavy atom. The van der Waals surface area contributed by atoms with E-state index < -0.39 is 23.8 Å². The fourth-order valence-electron chi connectivity index (χ4n) is 2.99. The van der Waals surface area contributed by atoms with Gasteiger partial charge in [0.1, 0.15) is 18.5 Å². The maximum Gasteiger partial charge on any atom is 0.389 e. The van der Waals surface area contributed by atoms with E-state index in [0.29, 0.717) is 12.2 Å². The summed E-state index contributed by atoms with van der Waals surface area (Å²) in [5, 5.41) is 6.76. The number of alkyl halides is 3. The van der Waals surface area contributed by atoms with Crippen LogP contribution >= 0.6 is 0 Å². The fourth-order valence-corrected chi connectivity index (χ4v) is 2.99. The van der Waals surface area contributed by atoms with E-state index in [1.165, 1.54) is 7.05 Å². The second-order valence-corrected chi connectivity index (χ2v) is 7.73. The Morgan fingerprint density at radius 1 is 1.26 bits per heavy atom. The number of aromatic nitrogens is 3. The van der Waals surface area contributed by atoms with Crippen molar-refractivity contribution in [3.63, 3.8) is 0 Å². The minimum Gasteiger partial charge on any atom is -0.487 e. The van der Waals surface area contributed by atoms with Crippen molar-refractivity contribution in [3.05, 3.63) is 50.7 Å². The van der Waals surface area contributed by atoms with Gasteiger partial charge >= 0.3 is 17.8 Å². The van der Waals surface area contributed by atoms with Gasteiger partial charge < -0.3 is 14.8 Å². The number of nitrogens with one attached hydrogen (secondary N) is 1. The molecule has 1 aromatic heterocycles. The molecule has 0 amide bonds. The van der Waals surface area contributed by atoms with Gasteiger partial charge in [0.2, 0.25) is 5.82 Å². The Morgan fingerprint density at radius 3 is 2.68 bits per heavy atom. The summed E-state index contributed by atoms with van der Waals surface area (Å²) in [6, 6.07) is 7.24. The van der Waals surface area contributed by atoms with Crippen LogP contribution < -0.4 is 21.3 Å². The number of anilines is 1. The summed E-state index contributed by atoms with van der Waals surface area (Å²) in [5.41, 5.74) is -0.552. The summed E-state index contributed by atoms with van der Waals surface area (Å²) in [6.45, 7) is 3.65. The van der Waals surface area contributed by atoms with E-state index in [2.05, 4.69) is 10.4 Å². The lowest BCUT2D eigenvalue weighted by molar-refractivity contribution is -0.145. The zero-order valence-corrected chi connectivity index (χ0v) is 19.4. The Bertz CT molecular complexity index is 1080. The molecule has 9 nitrogen and oxygen atoms in total. The molecule has 0 fully saturated rings. The SMILES string of the molecule is CCC(=O)OCC(C)Oc1cccc(CCNc2nn(CCCC(F)(F)F)c(=O)n(C)c2=O)c1. The number of hydrogen-bond acceptors (Lipinski definition) is 7. The van der Waals surface area contributed by atoms with Crippen LogP contribution in [0.3, 0.4) is 0 Å². The first kappa shape index (κ1) is 26.9. The highest BCUT2D eigenvalue weighted by Crippen LogP contribution is 2.21. The van der Waals surface area contributed by atoms with E-state index in [9.17, 15) is 27.6 Å². The van der Waals surface area contributed by atoms with Crippen molar-refractivity contribution in [1.29, 1.82) is 0 Å². The monoisotopic (exact) mass is 486 g/mol. The molecule has 0 spiro atoms. The maximum absolute atomic E-state index is 12.4. The van der Waals surface area contributed by atoms with Crippen molar-refractivity contribution in [1.82, 2.24) is 14.3 Å². The van der Waals surface area contributed by atoms with Crippen LogP contribution in [0.15, 0.2) is 33.9 Å². The zero-order valence-electron chi connectivity index (χ0n) is 19.4. The molecule has 12 heteroatoms. The van der Waals surface area contributed by atoms with Crippen LogP contribution in [0.2, 0.25) is 0 Å². The highest BCUT2D eigenvalue weighted by molar-refractivity contribution is 5.68. The summed E-state index contributed by atoms with van der Waals surface area (Å²) in [5.74, 6) is 0.166. The van der Waals surface area contributed by atoms with Gasteiger partial charge in [-0.05, 0) is 37.5 Å². The van der Waals surface area contributed by atoms with Gasteiger partial charge in [0.05, 0.1) is 0 Å². The molecule has 1 unspecified atom stereocenters. The minimum atomic E-state index is -4.33. The number of rotatable bonds is 12. The van der Waals surface area contributed by atoms with Gasteiger partial charge in [-0.2, -0.15) is 13.2 Å². The van der Waals surface area contributed by atoms with Crippen LogP contribution in [-0.2, 0) is 29.5 Å². The second kappa shape index (κ2) is 12.2. The van der Waals surface area contributed by atoms with Crippen molar-refractivity contribution in [2.45, 2.75) is 58.4 Å². The third-order valence-electron chi connectivity index (χ3n) is 4.78. The Hall–Kier alpha value is -3.31. The van der Waals surface area contributed by atoms with E-state index in [0.717, 1.165) is 14.8 Å². The predicted molar refractivity (Wildman–Crippen MR) is 119 cm³/mol. The Labute approximate surface area is 194 Å². The lowest BCUT2D eigenvalue weighted by Gasteiger charge is -2.15. The molecule has 1 aromatic carbocycles. The van der Waals surface area contributed by atoms with Crippen LogP contribution in [0.4, 0.5) is 19.0 Å². The number of carbonyl (C=O) groups excluding carboxylic acids is 1. The average molecular weight is 486 g/mol. The van der Waals surface area contributed by atoms with Gasteiger partial charge in [-0.1, -0.05) is 19.1 Å². The molecule has 188 valence electrons. The van der Waals surface area contributed by atoms with Gasteiger partial charge in [-0.25, -0.2) is 9.48 Å². The Kier molecular flexibility index (Phi) is 9.69. The molecular weight excluding hydrogens is 457 g/mol. The van der Waals surface area contributed by atoms with Gasteiger partial charge in [0, 0.05) is 33.0 Å². The first-order valence-electron chi connectivity index (χ1n) is 10.9. The topological polar surface area (TPSA) is 104 Å². The molecule has 34 heavy (non-hydrogen) atoms. The number of hydrogen-bond donors (Lipinski definition) is 1. The van der Waals surface area contributed by atoms with Crippen molar-refractivity contribution in [2.75, 3.05) is 18.5 Å². The molecule has 0 saturated heterocycles. The maximum atomic E-state index is 12.4. The van der Waals surface area contributed by atoms with Gasteiger partial charge in [0.25, 0.3) is 5.56 Å². The number of ether oxygens (including phenoxy) is 2. The summed E-state index contributed by atoms with van der Waals surface area (Å²) >= 11 is 0. The minimum absolute atomic E-state index is 0.118. The van der Waals surface area contributed by atoms with E-state index in [1.807, 2.05) is 12.1 Å². The summed E-state index contributed by atoms with van der Waals surface area (Å²) in [6.07, 6.45) is -5.27. The highest BCUT2D eigenvalue weighted by Gasteiger charge is 2.26.